The molecule has 0 spiro atoms. The maximum atomic E-state index is 12.6. The average molecular weight is 463 g/mol. The van der Waals surface area contributed by atoms with Gasteiger partial charge >= 0.3 is 0 Å². The van der Waals surface area contributed by atoms with Gasteiger partial charge in [-0.3, -0.25) is 4.21 Å². The van der Waals surface area contributed by atoms with Gasteiger partial charge < -0.3 is 14.9 Å². The molecule has 2 fully saturated rings. The standard InChI is InChI=1S/C21H27ClN6O2S/c22-16-11-23-18(24-12-16)15-3-1-7-27(8-4-15)20-25-13-17-19(26-20)28(9-10-31(17)30)21(14-29)5-2-6-21/h11-13,15,29H,1-10,14H2/t15?,31-/m0/s1. The van der Waals surface area contributed by atoms with E-state index in [2.05, 4.69) is 24.8 Å². The molecular weight excluding hydrogens is 436 g/mol. The molecule has 0 bridgehead atoms. The molecule has 0 radical (unpaired) electrons. The van der Waals surface area contributed by atoms with Crippen molar-refractivity contribution in [3.63, 3.8) is 0 Å². The van der Waals surface area contributed by atoms with E-state index in [4.69, 9.17) is 16.6 Å². The number of hydrogen-bond acceptors (Lipinski definition) is 8. The van der Waals surface area contributed by atoms with E-state index in [0.717, 1.165) is 63.3 Å². The van der Waals surface area contributed by atoms with Gasteiger partial charge in [-0.05, 0) is 38.5 Å². The van der Waals surface area contributed by atoms with Crippen molar-refractivity contribution >= 4 is 34.2 Å². The normalized spacial score (nSPS) is 25.5. The zero-order chi connectivity index (χ0) is 21.4. The summed E-state index contributed by atoms with van der Waals surface area (Å²) in [6.45, 7) is 2.43. The predicted molar refractivity (Wildman–Crippen MR) is 120 cm³/mol. The highest BCUT2D eigenvalue weighted by atomic mass is 35.5. The SMILES string of the molecule is O=[S@]1CCN(C2(CO)CCC2)c2nc(N3CCCC(c4ncc(Cl)cn4)CC3)ncc21. The van der Waals surface area contributed by atoms with Crippen molar-refractivity contribution in [3.8, 4) is 0 Å². The number of rotatable bonds is 4. The Morgan fingerprint density at radius 3 is 2.61 bits per heavy atom. The van der Waals surface area contributed by atoms with Crippen LogP contribution in [0.5, 0.6) is 0 Å². The molecule has 2 aliphatic heterocycles. The van der Waals surface area contributed by atoms with E-state index in [1.54, 1.807) is 18.6 Å². The van der Waals surface area contributed by atoms with Crippen LogP contribution in [0.3, 0.4) is 0 Å². The first-order chi connectivity index (χ1) is 15.1. The van der Waals surface area contributed by atoms with Gasteiger partial charge in [0.05, 0.1) is 39.1 Å². The summed E-state index contributed by atoms with van der Waals surface area (Å²) in [4.78, 5) is 23.4. The highest BCUT2D eigenvalue weighted by molar-refractivity contribution is 7.85. The largest absolute Gasteiger partial charge is 0.394 e. The van der Waals surface area contributed by atoms with Gasteiger partial charge in [0, 0.05) is 43.7 Å². The van der Waals surface area contributed by atoms with Gasteiger partial charge in [0.15, 0.2) is 5.82 Å². The molecule has 166 valence electrons. The van der Waals surface area contributed by atoms with Gasteiger partial charge in [0.1, 0.15) is 5.82 Å². The molecule has 1 unspecified atom stereocenters. The van der Waals surface area contributed by atoms with Crippen LogP contribution in [-0.4, -0.2) is 66.8 Å². The Labute approximate surface area is 189 Å². The molecule has 5 rings (SSSR count). The molecular formula is C21H27ClN6O2S. The lowest BCUT2D eigenvalue weighted by Crippen LogP contribution is -2.59. The Hall–Kier alpha value is -1.84. The lowest BCUT2D eigenvalue weighted by atomic mass is 9.76. The second-order valence-corrected chi connectivity index (χ2v) is 10.6. The topological polar surface area (TPSA) is 95.3 Å². The Balaban J connectivity index is 1.38. The Bertz CT molecular complexity index is 965. The van der Waals surface area contributed by atoms with Gasteiger partial charge in [-0.1, -0.05) is 11.6 Å². The number of aliphatic hydroxyl groups excluding tert-OH is 1. The number of anilines is 2. The molecule has 2 aromatic heterocycles. The Kier molecular flexibility index (Phi) is 5.83. The van der Waals surface area contributed by atoms with Gasteiger partial charge in [0.25, 0.3) is 0 Å². The van der Waals surface area contributed by atoms with Crippen LogP contribution >= 0.6 is 11.6 Å². The summed E-state index contributed by atoms with van der Waals surface area (Å²) in [6.07, 6.45) is 11.0. The molecule has 2 atom stereocenters. The molecule has 8 nitrogen and oxygen atoms in total. The van der Waals surface area contributed by atoms with Gasteiger partial charge in [-0.2, -0.15) is 4.98 Å². The van der Waals surface area contributed by atoms with E-state index >= 15 is 0 Å². The highest BCUT2D eigenvalue weighted by Gasteiger charge is 2.45. The lowest BCUT2D eigenvalue weighted by Gasteiger charge is -2.51. The van der Waals surface area contributed by atoms with Gasteiger partial charge in [-0.25, -0.2) is 15.0 Å². The molecule has 1 saturated heterocycles. The van der Waals surface area contributed by atoms with Crippen LogP contribution < -0.4 is 9.80 Å². The monoisotopic (exact) mass is 462 g/mol. The number of fused-ring (bicyclic) bond motifs is 1. The lowest BCUT2D eigenvalue weighted by molar-refractivity contribution is 0.115. The van der Waals surface area contributed by atoms with Crippen molar-refractivity contribution in [1.82, 2.24) is 19.9 Å². The molecule has 0 amide bonds. The maximum Gasteiger partial charge on any atom is 0.227 e. The van der Waals surface area contributed by atoms with Crippen LogP contribution in [-0.2, 0) is 10.8 Å². The van der Waals surface area contributed by atoms with Gasteiger partial charge in [-0.15, -0.1) is 0 Å². The Morgan fingerprint density at radius 2 is 1.90 bits per heavy atom. The summed E-state index contributed by atoms with van der Waals surface area (Å²) < 4.78 is 12.6. The minimum atomic E-state index is -1.09. The van der Waals surface area contributed by atoms with Crippen LogP contribution in [0.25, 0.3) is 0 Å². The molecule has 3 aliphatic rings. The minimum Gasteiger partial charge on any atom is -0.394 e. The fourth-order valence-corrected chi connectivity index (χ4v) is 6.09. The maximum absolute atomic E-state index is 12.6. The quantitative estimate of drug-likeness (QED) is 0.740. The van der Waals surface area contributed by atoms with E-state index in [-0.39, 0.29) is 18.1 Å². The van der Waals surface area contributed by atoms with Crippen LogP contribution in [0.4, 0.5) is 11.8 Å². The smallest absolute Gasteiger partial charge is 0.227 e. The number of aromatic nitrogens is 4. The average Bonchev–Trinajstić information content (AvgIpc) is 3.01. The molecule has 1 N–H and O–H groups in total. The van der Waals surface area contributed by atoms with Crippen LogP contribution in [0, 0.1) is 0 Å². The first-order valence-corrected chi connectivity index (χ1v) is 12.7. The second-order valence-electron chi connectivity index (χ2n) is 8.67. The molecule has 1 saturated carbocycles. The zero-order valence-corrected chi connectivity index (χ0v) is 19.0. The zero-order valence-electron chi connectivity index (χ0n) is 17.4. The predicted octanol–water partition coefficient (Wildman–Crippen LogP) is 2.54. The summed E-state index contributed by atoms with van der Waals surface area (Å²) in [5, 5.41) is 10.6. The number of nitrogens with zero attached hydrogens (tertiary/aromatic N) is 6. The summed E-state index contributed by atoms with van der Waals surface area (Å²) in [6, 6.07) is 0. The fourth-order valence-electron chi connectivity index (χ4n) is 4.90. The third-order valence-electron chi connectivity index (χ3n) is 6.89. The third kappa shape index (κ3) is 3.91. The minimum absolute atomic E-state index is 0.102. The second kappa shape index (κ2) is 8.60. The van der Waals surface area contributed by atoms with Crippen molar-refractivity contribution in [2.45, 2.75) is 54.9 Å². The van der Waals surface area contributed by atoms with E-state index in [0.29, 0.717) is 28.2 Å². The highest BCUT2D eigenvalue weighted by Crippen LogP contribution is 2.43. The van der Waals surface area contributed by atoms with Crippen LogP contribution in [0.1, 0.15) is 50.3 Å². The van der Waals surface area contributed by atoms with E-state index < -0.39 is 10.8 Å². The fraction of sp³-hybridized carbons (Fsp3) is 0.619. The molecule has 31 heavy (non-hydrogen) atoms. The molecule has 4 heterocycles. The third-order valence-corrected chi connectivity index (χ3v) is 8.42. The summed E-state index contributed by atoms with van der Waals surface area (Å²) >= 11 is 5.93. The van der Waals surface area contributed by atoms with Gasteiger partial charge in [0.2, 0.25) is 5.95 Å². The number of halogens is 1. The van der Waals surface area contributed by atoms with Crippen molar-refractivity contribution in [1.29, 1.82) is 0 Å². The van der Waals surface area contributed by atoms with Crippen molar-refractivity contribution < 1.29 is 9.32 Å². The molecule has 2 aromatic rings. The van der Waals surface area contributed by atoms with Crippen LogP contribution in [0.15, 0.2) is 23.5 Å². The number of aliphatic hydroxyl groups is 1. The number of hydrogen-bond donors (Lipinski definition) is 1. The van der Waals surface area contributed by atoms with Crippen molar-refractivity contribution in [2.24, 2.45) is 0 Å². The van der Waals surface area contributed by atoms with E-state index in [1.807, 2.05) is 0 Å². The van der Waals surface area contributed by atoms with Crippen molar-refractivity contribution in [2.75, 3.05) is 41.8 Å². The molecule has 1 aliphatic carbocycles. The first-order valence-electron chi connectivity index (χ1n) is 11.0. The molecule has 0 aromatic carbocycles. The van der Waals surface area contributed by atoms with E-state index in [9.17, 15) is 9.32 Å². The summed E-state index contributed by atoms with van der Waals surface area (Å²) in [7, 11) is -1.09. The summed E-state index contributed by atoms with van der Waals surface area (Å²) in [5.41, 5.74) is -0.263. The van der Waals surface area contributed by atoms with E-state index in [1.165, 1.54) is 0 Å². The molecule has 10 heteroatoms. The summed E-state index contributed by atoms with van der Waals surface area (Å²) in [5.74, 6) is 3.10. The Morgan fingerprint density at radius 1 is 1.10 bits per heavy atom. The van der Waals surface area contributed by atoms with Crippen molar-refractivity contribution in [3.05, 3.63) is 29.4 Å². The first kappa shape index (κ1) is 21.0. The van der Waals surface area contributed by atoms with Crippen LogP contribution in [0.2, 0.25) is 5.02 Å².